The number of esters is 1. The standard InChI is InChI=1S/C55H87FN4O14/c1-15-42-55(10,66)47(73-51(63)57-26-25-38-19-17-16-18-20-38)36(6)60(13)31-32(2)28-53(8,65)46(72-50-44(61)41(59(11)12)27-33(3)68-50)34(4)45(35(5)49(62)70-42)71-43-29-54(9,67-14)48(37(7)69-43)74-52(64)58-30-39-21-23-40(56)24-22-39/h16-24,32-37,41-48,50,61,65-66H,15,25-31H2,1-14H3,(H,57,63)(H,58,64)/t32-,33-,34+,35-,36-,37+,41+,42-,43+,44-,45+,46-,47-,48+,50+,53-,54-,55-/m1/s1. The van der Waals surface area contributed by atoms with Gasteiger partial charge < -0.3 is 68.7 Å². The zero-order chi connectivity index (χ0) is 54.9. The summed E-state index contributed by atoms with van der Waals surface area (Å²) in [6, 6.07) is 14.4. The molecule has 3 heterocycles. The number of aliphatic hydroxyl groups is 3. The highest BCUT2D eigenvalue weighted by Gasteiger charge is 2.54. The molecule has 18 nitrogen and oxygen atoms in total. The molecule has 418 valence electrons. The van der Waals surface area contributed by atoms with Crippen molar-refractivity contribution in [1.82, 2.24) is 20.4 Å². The summed E-state index contributed by atoms with van der Waals surface area (Å²) in [7, 11) is 7.06. The van der Waals surface area contributed by atoms with E-state index in [1.807, 2.05) is 82.0 Å². The average Bonchev–Trinajstić information content (AvgIpc) is 3.34. The minimum Gasteiger partial charge on any atom is -0.459 e. The highest BCUT2D eigenvalue weighted by atomic mass is 19.1. The first kappa shape index (κ1) is 60.8. The fourth-order valence-corrected chi connectivity index (χ4v) is 11.2. The summed E-state index contributed by atoms with van der Waals surface area (Å²) in [6.07, 6.45) is -10.4. The predicted octanol–water partition coefficient (Wildman–Crippen LogP) is 5.95. The molecular weight excluding hydrogens is 960 g/mol. The van der Waals surface area contributed by atoms with Crippen LogP contribution in [0.25, 0.3) is 0 Å². The monoisotopic (exact) mass is 1050 g/mol. The van der Waals surface area contributed by atoms with E-state index in [0.717, 1.165) is 5.56 Å². The van der Waals surface area contributed by atoms with Crippen molar-refractivity contribution < 1.29 is 72.0 Å². The molecule has 3 saturated heterocycles. The van der Waals surface area contributed by atoms with Crippen LogP contribution in [-0.4, -0.2) is 175 Å². The molecule has 0 saturated carbocycles. The predicted molar refractivity (Wildman–Crippen MR) is 274 cm³/mol. The molecule has 2 aromatic rings. The van der Waals surface area contributed by atoms with Gasteiger partial charge in [0.15, 0.2) is 24.8 Å². The molecule has 3 aliphatic rings. The van der Waals surface area contributed by atoms with Crippen LogP contribution in [0.1, 0.15) is 106 Å². The molecule has 5 N–H and O–H groups in total. The number of benzene rings is 2. The van der Waals surface area contributed by atoms with Gasteiger partial charge in [0.25, 0.3) is 0 Å². The van der Waals surface area contributed by atoms with Crippen LogP contribution in [-0.2, 0) is 55.7 Å². The second-order valence-electron chi connectivity index (χ2n) is 22.1. The van der Waals surface area contributed by atoms with Crippen molar-refractivity contribution in [3.05, 3.63) is 71.5 Å². The van der Waals surface area contributed by atoms with Crippen molar-refractivity contribution in [2.75, 3.05) is 41.3 Å². The SMILES string of the molecule is CC[C@H]1OC(=O)[C@H](C)[C@@H](O[C@H]2C[C@@](C)(OC)[C@@H](OC(=O)NCc3ccc(F)cc3)[C@H](C)O2)[C@H](C)[C@@H](O[C@@H]2O[C@H](C)C[C@H](N(C)C)[C@H]2O)[C@](C)(O)C[C@@H](C)CN(C)[C@H](C)[C@@H](OC(=O)NCCc2ccccc2)[C@]1(C)O. The van der Waals surface area contributed by atoms with E-state index in [4.69, 9.17) is 37.9 Å². The lowest BCUT2D eigenvalue weighted by Crippen LogP contribution is -2.61. The van der Waals surface area contributed by atoms with Crippen molar-refractivity contribution in [2.45, 2.75) is 198 Å². The summed E-state index contributed by atoms with van der Waals surface area (Å²) < 4.78 is 64.6. The molecule has 0 aromatic heterocycles. The first-order valence-corrected chi connectivity index (χ1v) is 26.2. The van der Waals surface area contributed by atoms with Gasteiger partial charge in [-0.2, -0.15) is 0 Å². The Morgan fingerprint density at radius 1 is 0.865 bits per heavy atom. The number of methoxy groups -OCH3 is 1. The van der Waals surface area contributed by atoms with Gasteiger partial charge in [0.2, 0.25) is 0 Å². The molecule has 3 fully saturated rings. The minimum atomic E-state index is -1.94. The van der Waals surface area contributed by atoms with Crippen molar-refractivity contribution in [3.8, 4) is 0 Å². The number of carbonyl (C=O) groups excluding carboxylic acids is 3. The Bertz CT molecular complexity index is 2090. The number of aliphatic hydroxyl groups excluding tert-OH is 1. The van der Waals surface area contributed by atoms with E-state index in [2.05, 4.69) is 10.6 Å². The Labute approximate surface area is 438 Å². The number of cyclic esters (lactones) is 1. The quantitative estimate of drug-likeness (QED) is 0.109. The van der Waals surface area contributed by atoms with E-state index in [9.17, 15) is 34.1 Å². The third-order valence-corrected chi connectivity index (χ3v) is 15.5. The average molecular weight is 1050 g/mol. The number of carbonyl (C=O) groups is 3. The van der Waals surface area contributed by atoms with E-state index in [0.29, 0.717) is 24.9 Å². The fraction of sp³-hybridized carbons (Fsp3) is 0.727. The number of nitrogens with one attached hydrogen (secondary N) is 2. The van der Waals surface area contributed by atoms with Gasteiger partial charge >= 0.3 is 18.2 Å². The number of alkyl carbamates (subject to hydrolysis) is 2. The highest BCUT2D eigenvalue weighted by Crippen LogP contribution is 2.41. The Morgan fingerprint density at radius 3 is 2.12 bits per heavy atom. The Balaban J connectivity index is 1.51. The third-order valence-electron chi connectivity index (χ3n) is 15.5. The smallest absolute Gasteiger partial charge is 0.407 e. The first-order chi connectivity index (χ1) is 34.7. The molecule has 3 aliphatic heterocycles. The fourth-order valence-electron chi connectivity index (χ4n) is 11.2. The molecule has 19 heteroatoms. The lowest BCUT2D eigenvalue weighted by atomic mass is 9.77. The Kier molecular flexibility index (Phi) is 21.7. The van der Waals surface area contributed by atoms with Crippen LogP contribution in [0, 0.1) is 23.6 Å². The zero-order valence-electron chi connectivity index (χ0n) is 46.1. The van der Waals surface area contributed by atoms with Crippen LogP contribution >= 0.6 is 0 Å². The molecule has 0 bridgehead atoms. The normalized spacial score (nSPS) is 38.0. The van der Waals surface area contributed by atoms with Crippen molar-refractivity contribution in [2.24, 2.45) is 17.8 Å². The maximum atomic E-state index is 14.9. The van der Waals surface area contributed by atoms with Crippen LogP contribution in [0.4, 0.5) is 14.0 Å². The van der Waals surface area contributed by atoms with E-state index in [1.165, 1.54) is 26.2 Å². The summed E-state index contributed by atoms with van der Waals surface area (Å²) in [5.74, 6) is -3.45. The van der Waals surface area contributed by atoms with Gasteiger partial charge in [-0.3, -0.25) is 9.69 Å². The Hall–Kier alpha value is -4.02. The summed E-state index contributed by atoms with van der Waals surface area (Å²) in [4.78, 5) is 45.6. The first-order valence-electron chi connectivity index (χ1n) is 26.2. The van der Waals surface area contributed by atoms with E-state index in [-0.39, 0.29) is 50.4 Å². The number of ether oxygens (including phenoxy) is 8. The number of rotatable bonds is 14. The van der Waals surface area contributed by atoms with Gasteiger partial charge in [0.1, 0.15) is 29.2 Å². The topological polar surface area (TPSA) is 216 Å². The maximum absolute atomic E-state index is 14.9. The van der Waals surface area contributed by atoms with Crippen LogP contribution in [0.2, 0.25) is 0 Å². The van der Waals surface area contributed by atoms with E-state index in [1.54, 1.807) is 53.7 Å². The van der Waals surface area contributed by atoms with Crippen molar-refractivity contribution in [1.29, 1.82) is 0 Å². The van der Waals surface area contributed by atoms with Crippen LogP contribution in [0.15, 0.2) is 54.6 Å². The Morgan fingerprint density at radius 2 is 1.50 bits per heavy atom. The van der Waals surface area contributed by atoms with Gasteiger partial charge in [0, 0.05) is 51.2 Å². The number of likely N-dealkylation sites (N-methyl/N-ethyl adjacent to an activating group) is 2. The molecule has 0 radical (unpaired) electrons. The molecule has 5 rings (SSSR count). The zero-order valence-corrected chi connectivity index (χ0v) is 46.1. The molecule has 0 aliphatic carbocycles. The van der Waals surface area contributed by atoms with Crippen molar-refractivity contribution in [3.63, 3.8) is 0 Å². The molecule has 74 heavy (non-hydrogen) atoms. The largest absolute Gasteiger partial charge is 0.459 e. The van der Waals surface area contributed by atoms with Crippen LogP contribution in [0.3, 0.4) is 0 Å². The number of halogens is 1. The van der Waals surface area contributed by atoms with E-state index < -0.39 is 114 Å². The molecule has 0 unspecified atom stereocenters. The molecule has 18 atom stereocenters. The van der Waals surface area contributed by atoms with E-state index >= 15 is 0 Å². The summed E-state index contributed by atoms with van der Waals surface area (Å²) in [5, 5.41) is 42.9. The lowest BCUT2D eigenvalue weighted by Gasteiger charge is -2.49. The number of hydrogen-bond donors (Lipinski definition) is 5. The van der Waals surface area contributed by atoms with Crippen LogP contribution in [0.5, 0.6) is 0 Å². The summed E-state index contributed by atoms with van der Waals surface area (Å²) in [6.45, 7) is 18.2. The number of hydrogen-bond acceptors (Lipinski definition) is 16. The highest BCUT2D eigenvalue weighted by molar-refractivity contribution is 5.73. The van der Waals surface area contributed by atoms with Gasteiger partial charge in [-0.05, 0) is 124 Å². The van der Waals surface area contributed by atoms with Gasteiger partial charge in [0.05, 0.1) is 35.9 Å². The maximum Gasteiger partial charge on any atom is 0.407 e. The molecule has 2 aromatic carbocycles. The number of amides is 2. The van der Waals surface area contributed by atoms with Gasteiger partial charge in [-0.1, -0.05) is 63.2 Å². The third kappa shape index (κ3) is 15.6. The van der Waals surface area contributed by atoms with Crippen molar-refractivity contribution >= 4 is 18.2 Å². The number of nitrogens with zero attached hydrogens (tertiary/aromatic N) is 2. The molecular formula is C55H87FN4O14. The summed E-state index contributed by atoms with van der Waals surface area (Å²) >= 11 is 0. The summed E-state index contributed by atoms with van der Waals surface area (Å²) in [5.41, 5.74) is -3.14. The second kappa shape index (κ2) is 26.4. The van der Waals surface area contributed by atoms with Crippen LogP contribution < -0.4 is 10.6 Å². The second-order valence-corrected chi connectivity index (χ2v) is 22.1. The molecule has 2 amide bonds. The van der Waals surface area contributed by atoms with Gasteiger partial charge in [-0.25, -0.2) is 14.0 Å². The lowest BCUT2D eigenvalue weighted by molar-refractivity contribution is -0.317. The molecule has 0 spiro atoms. The van der Waals surface area contributed by atoms with Gasteiger partial charge in [-0.15, -0.1) is 0 Å². The minimum absolute atomic E-state index is 0.00309.